The van der Waals surface area contributed by atoms with Gasteiger partial charge in [0.05, 0.1) is 11.9 Å². The number of likely N-dealkylation sites (tertiary alicyclic amines) is 2. The number of rotatable bonds is 8. The lowest BCUT2D eigenvalue weighted by Gasteiger charge is -2.30. The zero-order valence-electron chi connectivity index (χ0n) is 22.0. The Hall–Kier alpha value is -2.99. The number of nitrogens with two attached hydrogens (primary N) is 2. The first-order valence-electron chi connectivity index (χ1n) is 13.9. The molecule has 2 atom stereocenters. The highest BCUT2D eigenvalue weighted by molar-refractivity contribution is 5.96. The number of nitrogens with one attached hydrogen (secondary N) is 2. The Morgan fingerprint density at radius 1 is 1.11 bits per heavy atom. The fourth-order valence-electron chi connectivity index (χ4n) is 5.66. The zero-order chi connectivity index (χ0) is 26.5. The van der Waals surface area contributed by atoms with Gasteiger partial charge in [-0.3, -0.25) is 9.36 Å². The van der Waals surface area contributed by atoms with Gasteiger partial charge in [0.25, 0.3) is 5.91 Å². The van der Waals surface area contributed by atoms with E-state index in [9.17, 15) is 9.59 Å². The number of carbonyl (C=O) groups is 1. The van der Waals surface area contributed by atoms with Crippen molar-refractivity contribution in [3.63, 3.8) is 0 Å². The van der Waals surface area contributed by atoms with Gasteiger partial charge in [-0.05, 0) is 82.9 Å². The first-order chi connectivity index (χ1) is 18.5. The average molecular weight is 525 g/mol. The molecule has 5 rings (SSSR count). The summed E-state index contributed by atoms with van der Waals surface area (Å²) in [6.45, 7) is 6.89. The summed E-state index contributed by atoms with van der Waals surface area (Å²) in [5.74, 6) is 1.32. The molecule has 6 N–H and O–H groups in total. The average Bonchev–Trinajstić information content (AvgIpc) is 3.15. The number of amides is 1. The largest absolute Gasteiger partial charge is 0.450 e. The van der Waals surface area contributed by atoms with Crippen LogP contribution in [0, 0.1) is 0 Å². The summed E-state index contributed by atoms with van der Waals surface area (Å²) in [6.07, 6.45) is 7.76. The van der Waals surface area contributed by atoms with E-state index in [0.29, 0.717) is 41.7 Å². The van der Waals surface area contributed by atoms with Gasteiger partial charge in [0.2, 0.25) is 0 Å². The summed E-state index contributed by atoms with van der Waals surface area (Å²) < 4.78 is 7.83. The lowest BCUT2D eigenvalue weighted by atomic mass is 10.1. The molecule has 3 aliphatic rings. The van der Waals surface area contributed by atoms with E-state index in [1.807, 2.05) is 0 Å². The van der Waals surface area contributed by atoms with Crippen molar-refractivity contribution in [2.45, 2.75) is 50.6 Å². The number of fused-ring (bicyclic) bond motifs is 2. The Morgan fingerprint density at radius 2 is 1.95 bits per heavy atom. The van der Waals surface area contributed by atoms with Gasteiger partial charge in [-0.2, -0.15) is 4.98 Å². The van der Waals surface area contributed by atoms with Crippen molar-refractivity contribution in [1.29, 1.82) is 0 Å². The van der Waals surface area contributed by atoms with Gasteiger partial charge < -0.3 is 36.6 Å². The Bertz CT molecular complexity index is 1190. The van der Waals surface area contributed by atoms with Crippen molar-refractivity contribution < 1.29 is 9.53 Å². The molecule has 0 spiro atoms. The van der Waals surface area contributed by atoms with Crippen LogP contribution in [0.15, 0.2) is 29.2 Å². The number of hydrogen-bond donors (Lipinski definition) is 4. The SMILES string of the molecule is NCCCN1CCCC(n2cc3c(nc2=O)Nc2cc(C(=O)NCCN4CCCC(N)C4)ccc2O3)CC1. The lowest BCUT2D eigenvalue weighted by molar-refractivity contribution is 0.0946. The molecule has 1 aromatic carbocycles. The zero-order valence-corrected chi connectivity index (χ0v) is 22.0. The maximum atomic E-state index is 13.0. The van der Waals surface area contributed by atoms with Crippen LogP contribution in [0.2, 0.25) is 0 Å². The van der Waals surface area contributed by atoms with Gasteiger partial charge in [0.1, 0.15) is 0 Å². The number of carbonyl (C=O) groups excluding carboxylic acids is 1. The molecule has 1 amide bonds. The molecule has 0 saturated carbocycles. The van der Waals surface area contributed by atoms with Crippen LogP contribution in [0.3, 0.4) is 0 Å². The van der Waals surface area contributed by atoms with Crippen LogP contribution in [0.25, 0.3) is 0 Å². The summed E-state index contributed by atoms with van der Waals surface area (Å²) >= 11 is 0. The van der Waals surface area contributed by atoms with Gasteiger partial charge in [0, 0.05) is 43.8 Å². The molecule has 0 aliphatic carbocycles. The van der Waals surface area contributed by atoms with E-state index in [-0.39, 0.29) is 23.7 Å². The second-order valence-corrected chi connectivity index (χ2v) is 10.6. The van der Waals surface area contributed by atoms with Crippen molar-refractivity contribution in [3.05, 3.63) is 40.4 Å². The van der Waals surface area contributed by atoms with Crippen molar-refractivity contribution in [3.8, 4) is 11.5 Å². The molecule has 2 saturated heterocycles. The monoisotopic (exact) mass is 524 g/mol. The number of nitrogens with zero attached hydrogens (tertiary/aromatic N) is 4. The van der Waals surface area contributed by atoms with E-state index in [2.05, 4.69) is 25.4 Å². The first-order valence-corrected chi connectivity index (χ1v) is 13.9. The van der Waals surface area contributed by atoms with Gasteiger partial charge in [-0.25, -0.2) is 4.79 Å². The summed E-state index contributed by atoms with van der Waals surface area (Å²) in [5.41, 5.74) is 12.6. The number of hydrogen-bond acceptors (Lipinski definition) is 9. The molecular weight excluding hydrogens is 484 g/mol. The van der Waals surface area contributed by atoms with Crippen molar-refractivity contribution in [2.24, 2.45) is 11.5 Å². The number of anilines is 2. The molecule has 3 aliphatic heterocycles. The van der Waals surface area contributed by atoms with Crippen LogP contribution < -0.4 is 32.5 Å². The highest BCUT2D eigenvalue weighted by Gasteiger charge is 2.25. The summed E-state index contributed by atoms with van der Waals surface area (Å²) in [5, 5.41) is 6.18. The highest BCUT2D eigenvalue weighted by Crippen LogP contribution is 2.41. The van der Waals surface area contributed by atoms with Crippen LogP contribution in [0.4, 0.5) is 11.5 Å². The molecule has 0 bridgehead atoms. The molecule has 2 unspecified atom stereocenters. The Labute approximate surface area is 223 Å². The standard InChI is InChI=1S/C27H40N8O3/c28-9-3-13-33-11-2-5-21(8-14-33)35-18-24-25(32-27(35)37)31-22-16-19(6-7-23(22)38-24)26(36)30-10-15-34-12-1-4-20(29)17-34/h6-7,16,18,20-21H,1-5,8-15,17,28-29H2,(H,30,36)(H,31,32,37). The predicted molar refractivity (Wildman–Crippen MR) is 147 cm³/mol. The van der Waals surface area contributed by atoms with E-state index in [1.54, 1.807) is 29.0 Å². The lowest BCUT2D eigenvalue weighted by Crippen LogP contribution is -2.45. The highest BCUT2D eigenvalue weighted by atomic mass is 16.5. The van der Waals surface area contributed by atoms with Crippen LogP contribution in [0.1, 0.15) is 54.9 Å². The van der Waals surface area contributed by atoms with E-state index < -0.39 is 0 Å². The van der Waals surface area contributed by atoms with E-state index >= 15 is 0 Å². The molecule has 11 heteroatoms. The van der Waals surface area contributed by atoms with Crippen LogP contribution in [0.5, 0.6) is 11.5 Å². The molecule has 1 aromatic heterocycles. The van der Waals surface area contributed by atoms with Crippen LogP contribution in [-0.4, -0.2) is 83.7 Å². The van der Waals surface area contributed by atoms with Gasteiger partial charge in [-0.1, -0.05) is 0 Å². The van der Waals surface area contributed by atoms with Gasteiger partial charge in [-0.15, -0.1) is 0 Å². The number of aromatic nitrogens is 2. The second kappa shape index (κ2) is 12.2. The Balaban J connectivity index is 1.21. The fourth-order valence-corrected chi connectivity index (χ4v) is 5.66. The van der Waals surface area contributed by atoms with Crippen LogP contribution >= 0.6 is 0 Å². The van der Waals surface area contributed by atoms with Crippen molar-refractivity contribution in [1.82, 2.24) is 24.7 Å². The summed E-state index contributed by atoms with van der Waals surface area (Å²) in [4.78, 5) is 34.7. The molecule has 4 heterocycles. The predicted octanol–water partition coefficient (Wildman–Crippen LogP) is 1.62. The summed E-state index contributed by atoms with van der Waals surface area (Å²) in [7, 11) is 0. The molecule has 206 valence electrons. The third-order valence-electron chi connectivity index (χ3n) is 7.75. The number of ether oxygens (including phenoxy) is 1. The molecule has 38 heavy (non-hydrogen) atoms. The quantitative estimate of drug-likeness (QED) is 0.345. The third kappa shape index (κ3) is 6.35. The van der Waals surface area contributed by atoms with Crippen LogP contribution in [-0.2, 0) is 0 Å². The molecule has 2 aromatic rings. The molecule has 2 fully saturated rings. The number of piperidine rings is 1. The maximum absolute atomic E-state index is 13.0. The molecule has 0 radical (unpaired) electrons. The number of benzene rings is 1. The Kier molecular flexibility index (Phi) is 8.58. The minimum atomic E-state index is -0.296. The maximum Gasteiger partial charge on any atom is 0.350 e. The third-order valence-corrected chi connectivity index (χ3v) is 7.75. The minimum Gasteiger partial charge on any atom is -0.450 e. The van der Waals surface area contributed by atoms with E-state index in [1.165, 1.54) is 0 Å². The molecule has 11 nitrogen and oxygen atoms in total. The van der Waals surface area contributed by atoms with E-state index in [4.69, 9.17) is 16.2 Å². The minimum absolute atomic E-state index is 0.0833. The van der Waals surface area contributed by atoms with Gasteiger partial charge >= 0.3 is 5.69 Å². The fraction of sp³-hybridized carbons (Fsp3) is 0.593. The van der Waals surface area contributed by atoms with Crippen molar-refractivity contribution >= 4 is 17.4 Å². The topological polar surface area (TPSA) is 144 Å². The summed E-state index contributed by atoms with van der Waals surface area (Å²) in [6, 6.07) is 5.57. The van der Waals surface area contributed by atoms with Gasteiger partial charge in [0.15, 0.2) is 17.3 Å². The smallest absolute Gasteiger partial charge is 0.350 e. The second-order valence-electron chi connectivity index (χ2n) is 10.6. The normalized spacial score (nSPS) is 21.9. The Morgan fingerprint density at radius 3 is 2.79 bits per heavy atom. The molecular formula is C27H40N8O3. The van der Waals surface area contributed by atoms with Crippen molar-refractivity contribution in [2.75, 3.05) is 57.7 Å². The first kappa shape index (κ1) is 26.6. The van der Waals surface area contributed by atoms with E-state index in [0.717, 1.165) is 77.8 Å².